The summed E-state index contributed by atoms with van der Waals surface area (Å²) < 4.78 is 22.4. The highest BCUT2D eigenvalue weighted by Crippen LogP contribution is 2.44. The number of amides is 5. The van der Waals surface area contributed by atoms with Crippen LogP contribution in [0.3, 0.4) is 0 Å². The van der Waals surface area contributed by atoms with Crippen molar-refractivity contribution < 1.29 is 33.1 Å². The van der Waals surface area contributed by atoms with Crippen LogP contribution in [0, 0.1) is 24.1 Å². The van der Waals surface area contributed by atoms with Crippen LogP contribution in [0.4, 0.5) is 27.5 Å². The molecule has 5 amide bonds. The maximum Gasteiger partial charge on any atom is 0.293 e. The van der Waals surface area contributed by atoms with Gasteiger partial charge >= 0.3 is 0 Å². The fraction of sp³-hybridized carbons (Fsp3) is 0.478. The van der Waals surface area contributed by atoms with Gasteiger partial charge < -0.3 is 34.6 Å². The number of carbonyl (C=O) groups excluding carboxylic acids is 5. The Balaban J connectivity index is 0.816. The first-order valence-corrected chi connectivity index (χ1v) is 22.1. The summed E-state index contributed by atoms with van der Waals surface area (Å²) >= 11 is 0. The van der Waals surface area contributed by atoms with Gasteiger partial charge in [-0.1, -0.05) is 0 Å². The number of ether oxygens (including phenoxy) is 1. The predicted molar refractivity (Wildman–Crippen MR) is 237 cm³/mol. The summed E-state index contributed by atoms with van der Waals surface area (Å²) in [6, 6.07) is 8.57. The van der Waals surface area contributed by atoms with Crippen LogP contribution < -0.4 is 36.0 Å². The molecule has 5 aliphatic rings. The van der Waals surface area contributed by atoms with Crippen LogP contribution in [-0.2, 0) is 14.4 Å². The van der Waals surface area contributed by atoms with Gasteiger partial charge in [-0.05, 0) is 102 Å². The molecule has 64 heavy (non-hydrogen) atoms. The van der Waals surface area contributed by atoms with Gasteiger partial charge in [0.25, 0.3) is 23.3 Å². The second-order valence-corrected chi connectivity index (χ2v) is 18.2. The summed E-state index contributed by atoms with van der Waals surface area (Å²) in [5.41, 5.74) is 2.55. The largest absolute Gasteiger partial charge is 0.478 e. The zero-order valence-corrected chi connectivity index (χ0v) is 36.5. The first-order valence-electron chi connectivity index (χ1n) is 22.1. The van der Waals surface area contributed by atoms with E-state index in [9.17, 15) is 28.8 Å². The van der Waals surface area contributed by atoms with Gasteiger partial charge in [0.15, 0.2) is 12.4 Å². The van der Waals surface area contributed by atoms with Gasteiger partial charge in [-0.25, -0.2) is 9.37 Å². The molecule has 0 radical (unpaired) electrons. The van der Waals surface area contributed by atoms with Crippen molar-refractivity contribution in [2.24, 2.45) is 11.3 Å². The van der Waals surface area contributed by atoms with Crippen molar-refractivity contribution in [3.63, 3.8) is 0 Å². The molecule has 4 aromatic rings. The monoisotopic (exact) mass is 876 g/mol. The molecule has 2 aromatic carbocycles. The molecule has 17 nitrogen and oxygen atoms in total. The van der Waals surface area contributed by atoms with Crippen LogP contribution in [-0.4, -0.2) is 119 Å². The van der Waals surface area contributed by atoms with Gasteiger partial charge in [0, 0.05) is 87.0 Å². The van der Waals surface area contributed by atoms with Crippen molar-refractivity contribution in [3.05, 3.63) is 75.5 Å². The smallest absolute Gasteiger partial charge is 0.293 e. The summed E-state index contributed by atoms with van der Waals surface area (Å²) in [5.74, 6) is -1.50. The molecule has 5 aliphatic heterocycles. The molecular weight excluding hydrogens is 824 g/mol. The first kappa shape index (κ1) is 42.9. The molecule has 1 spiro atoms. The van der Waals surface area contributed by atoms with Crippen LogP contribution in [0.1, 0.15) is 84.7 Å². The number of benzene rings is 2. The number of hydrogen-bond donors (Lipinski definition) is 3. The molecule has 2 unspecified atom stereocenters. The third kappa shape index (κ3) is 8.03. The Hall–Kier alpha value is -6.43. The third-order valence-corrected chi connectivity index (χ3v) is 13.6. The van der Waals surface area contributed by atoms with Crippen LogP contribution in [0.25, 0.3) is 10.9 Å². The van der Waals surface area contributed by atoms with Crippen molar-refractivity contribution in [3.8, 4) is 5.75 Å². The van der Waals surface area contributed by atoms with Crippen LogP contribution in [0.2, 0.25) is 0 Å². The van der Waals surface area contributed by atoms with Gasteiger partial charge in [0.1, 0.15) is 17.7 Å². The van der Waals surface area contributed by atoms with E-state index >= 15 is 4.39 Å². The minimum Gasteiger partial charge on any atom is -0.478 e. The van der Waals surface area contributed by atoms with Gasteiger partial charge in [-0.3, -0.25) is 39.0 Å². The molecule has 7 heterocycles. The van der Waals surface area contributed by atoms with E-state index in [4.69, 9.17) is 14.7 Å². The van der Waals surface area contributed by atoms with Crippen LogP contribution >= 0.6 is 0 Å². The Morgan fingerprint density at radius 1 is 0.969 bits per heavy atom. The number of piperidine rings is 2. The maximum absolute atomic E-state index is 15.1. The highest BCUT2D eigenvalue weighted by Gasteiger charge is 2.49. The van der Waals surface area contributed by atoms with Crippen molar-refractivity contribution in [2.45, 2.75) is 71.4 Å². The number of hydrogen-bond acceptors (Lipinski definition) is 13. The Kier molecular flexibility index (Phi) is 11.3. The molecule has 4 saturated heterocycles. The summed E-state index contributed by atoms with van der Waals surface area (Å²) in [6.45, 7) is 11.2. The molecule has 18 heteroatoms. The minimum absolute atomic E-state index is 0.0123. The lowest BCUT2D eigenvalue weighted by Crippen LogP contribution is -2.54. The zero-order chi connectivity index (χ0) is 45.0. The quantitative estimate of drug-likeness (QED) is 0.184. The molecule has 4 fully saturated rings. The predicted octanol–water partition coefficient (Wildman–Crippen LogP) is 3.91. The number of carbonyl (C=O) groups is 5. The van der Waals surface area contributed by atoms with Gasteiger partial charge in [0.2, 0.25) is 17.8 Å². The number of likely N-dealkylation sites (N-methyl/N-ethyl adjacent to an activating group) is 1. The lowest BCUT2D eigenvalue weighted by molar-refractivity contribution is -0.136. The molecule has 336 valence electrons. The fourth-order valence-electron chi connectivity index (χ4n) is 10.2. The van der Waals surface area contributed by atoms with Crippen molar-refractivity contribution >= 4 is 63.6 Å². The highest BCUT2D eigenvalue weighted by atomic mass is 19.1. The Bertz CT molecular complexity index is 2650. The first-order chi connectivity index (χ1) is 30.7. The van der Waals surface area contributed by atoms with E-state index < -0.39 is 35.5 Å². The third-order valence-electron chi connectivity index (χ3n) is 13.6. The normalized spacial score (nSPS) is 21.7. The Morgan fingerprint density at radius 2 is 1.75 bits per heavy atom. The van der Waals surface area contributed by atoms with E-state index in [1.807, 2.05) is 50.1 Å². The summed E-state index contributed by atoms with van der Waals surface area (Å²) in [5, 5.41) is 8.96. The summed E-state index contributed by atoms with van der Waals surface area (Å²) in [4.78, 5) is 94.2. The average Bonchev–Trinajstić information content (AvgIpc) is 3.95. The summed E-state index contributed by atoms with van der Waals surface area (Å²) in [6.07, 6.45) is 5.69. The van der Waals surface area contributed by atoms with Gasteiger partial charge in [-0.15, -0.1) is 0 Å². The number of imide groups is 2. The van der Waals surface area contributed by atoms with E-state index in [0.29, 0.717) is 36.5 Å². The zero-order valence-electron chi connectivity index (χ0n) is 36.5. The van der Waals surface area contributed by atoms with Crippen molar-refractivity contribution in [1.82, 2.24) is 35.0 Å². The molecule has 3 N–H and O–H groups in total. The topological polar surface area (TPSA) is 191 Å². The van der Waals surface area contributed by atoms with Crippen LogP contribution in [0.15, 0.2) is 47.4 Å². The Labute approximate surface area is 369 Å². The van der Waals surface area contributed by atoms with Gasteiger partial charge in [0.05, 0.1) is 22.3 Å². The number of anilines is 4. The van der Waals surface area contributed by atoms with E-state index in [2.05, 4.69) is 25.8 Å². The van der Waals surface area contributed by atoms with E-state index in [-0.39, 0.29) is 59.2 Å². The number of aryl methyl sites for hydroxylation is 1. The number of fused-ring (bicyclic) bond motifs is 2. The maximum atomic E-state index is 15.1. The Morgan fingerprint density at radius 3 is 2.50 bits per heavy atom. The van der Waals surface area contributed by atoms with Crippen molar-refractivity contribution in [2.75, 3.05) is 74.6 Å². The van der Waals surface area contributed by atoms with E-state index in [1.54, 1.807) is 10.6 Å². The molecule has 0 aliphatic carbocycles. The standard InChI is InChI=1S/C46H53FN10O7/c1-26(2)56-33-6-5-31(17-29(33)18-36(43(56)62)64-23-38(59)48-4)50-40-27(3)21-49-45(52-40)54-13-9-28(10-14-54)22-53-15-11-46(24-53)12-16-55(25-46)35-20-30(47)19-32-39(35)44(63)57(42(32)61)34-7-8-37(58)51-41(34)60/h5-6,17-21,26,28,34H,7-16,22-25H2,1-4H3,(H,48,59)(H,49,50,52)(H,51,58,60). The average molecular weight is 877 g/mol. The summed E-state index contributed by atoms with van der Waals surface area (Å²) in [7, 11) is 1.51. The highest BCUT2D eigenvalue weighted by molar-refractivity contribution is 6.25. The molecular formula is C46H53FN10O7. The molecule has 9 rings (SSSR count). The number of likely N-dealkylation sites (tertiary alicyclic amines) is 1. The molecule has 2 aromatic heterocycles. The minimum atomic E-state index is -1.11. The fourth-order valence-corrected chi connectivity index (χ4v) is 10.2. The van der Waals surface area contributed by atoms with Gasteiger partial charge in [-0.2, -0.15) is 4.98 Å². The van der Waals surface area contributed by atoms with Crippen LogP contribution in [0.5, 0.6) is 5.75 Å². The number of nitrogens with zero attached hydrogens (tertiary/aromatic N) is 7. The number of rotatable bonds is 11. The van der Waals surface area contributed by atoms with E-state index in [0.717, 1.165) is 91.5 Å². The lowest BCUT2D eigenvalue weighted by Gasteiger charge is -2.34. The van der Waals surface area contributed by atoms with E-state index in [1.165, 1.54) is 13.1 Å². The molecule has 2 atom stereocenters. The second-order valence-electron chi connectivity index (χ2n) is 18.2. The molecule has 0 bridgehead atoms. The van der Waals surface area contributed by atoms with Crippen molar-refractivity contribution in [1.29, 1.82) is 0 Å². The number of pyridine rings is 1. The SMILES string of the molecule is CNC(=O)COc1cc2cc(Nc3nc(N4CCC(CN5CCC6(CCN(c7cc(F)cc8c7C(=O)N(C7CCC(=O)NC7=O)C8=O)C6)C5)CC4)ncc3C)ccc2n(C(C)C)c1=O. The number of aromatic nitrogens is 3. The second kappa shape index (κ2) is 16.9. The number of halogens is 1. The lowest BCUT2D eigenvalue weighted by atomic mass is 9.86. The number of nitrogens with one attached hydrogen (secondary N) is 3. The molecule has 0 saturated carbocycles.